The second-order valence-corrected chi connectivity index (χ2v) is 7.48. The van der Waals surface area contributed by atoms with E-state index in [1.807, 2.05) is 0 Å². The van der Waals surface area contributed by atoms with Crippen LogP contribution in [0.25, 0.3) is 0 Å². The molecule has 5 heteroatoms. The number of amides is 1. The molecule has 3 nitrogen and oxygen atoms in total. The van der Waals surface area contributed by atoms with Crippen LogP contribution in [-0.2, 0) is 9.59 Å². The zero-order chi connectivity index (χ0) is 14.9. The van der Waals surface area contributed by atoms with E-state index in [2.05, 4.69) is 15.9 Å². The first-order valence-electron chi connectivity index (χ1n) is 6.61. The number of hydrogen-bond acceptors (Lipinski definition) is 2. The number of alkyl halides is 1. The lowest BCUT2D eigenvalue weighted by atomic mass is 9.87. The molecule has 0 spiro atoms. The molecule has 0 bridgehead atoms. The van der Waals surface area contributed by atoms with Crippen LogP contribution in [0.1, 0.15) is 26.7 Å². The highest BCUT2D eigenvalue weighted by atomic mass is 79.9. The molecule has 1 fully saturated rings. The van der Waals surface area contributed by atoms with Gasteiger partial charge in [-0.05, 0) is 44.9 Å². The Hall–Kier alpha value is -1.23. The van der Waals surface area contributed by atoms with E-state index in [4.69, 9.17) is 0 Å². The lowest BCUT2D eigenvalue weighted by Crippen LogP contribution is -2.48. The number of nitrogens with zero attached hydrogens (tertiary/aromatic N) is 1. The van der Waals surface area contributed by atoms with E-state index in [-0.39, 0.29) is 17.5 Å². The summed E-state index contributed by atoms with van der Waals surface area (Å²) in [6.45, 7) is 4.00. The first kappa shape index (κ1) is 15.2. The summed E-state index contributed by atoms with van der Waals surface area (Å²) < 4.78 is 12.6. The minimum atomic E-state index is -0.724. The maximum Gasteiger partial charge on any atom is 0.237 e. The lowest BCUT2D eigenvalue weighted by Gasteiger charge is -2.33. The Labute approximate surface area is 126 Å². The number of hydrogen-bond donors (Lipinski definition) is 0. The molecule has 1 aromatic carbocycles. The van der Waals surface area contributed by atoms with E-state index in [0.717, 1.165) is 6.42 Å². The number of benzene rings is 1. The zero-order valence-corrected chi connectivity index (χ0v) is 13.1. The van der Waals surface area contributed by atoms with Crippen LogP contribution in [0.4, 0.5) is 10.1 Å². The van der Waals surface area contributed by atoms with Crippen LogP contribution in [-0.4, -0.2) is 22.6 Å². The van der Waals surface area contributed by atoms with Gasteiger partial charge in [-0.1, -0.05) is 22.0 Å². The Kier molecular flexibility index (Phi) is 4.28. The lowest BCUT2D eigenvalue weighted by molar-refractivity contribution is -0.134. The van der Waals surface area contributed by atoms with Crippen molar-refractivity contribution >= 4 is 33.3 Å². The van der Waals surface area contributed by atoms with Crippen molar-refractivity contribution in [3.63, 3.8) is 0 Å². The van der Waals surface area contributed by atoms with Crippen molar-refractivity contribution < 1.29 is 14.0 Å². The molecule has 0 aromatic heterocycles. The summed E-state index contributed by atoms with van der Waals surface area (Å²) in [5, 5.41) is 0. The van der Waals surface area contributed by atoms with Gasteiger partial charge >= 0.3 is 0 Å². The summed E-state index contributed by atoms with van der Waals surface area (Å²) in [6, 6.07) is 5.91. The van der Waals surface area contributed by atoms with Crippen molar-refractivity contribution in [1.29, 1.82) is 0 Å². The molecule has 20 heavy (non-hydrogen) atoms. The van der Waals surface area contributed by atoms with E-state index in [0.29, 0.717) is 18.7 Å². The van der Waals surface area contributed by atoms with E-state index < -0.39 is 10.2 Å². The first-order valence-corrected chi connectivity index (χ1v) is 7.40. The van der Waals surface area contributed by atoms with Gasteiger partial charge in [0.25, 0.3) is 0 Å². The molecule has 2 rings (SSSR count). The van der Waals surface area contributed by atoms with E-state index in [1.54, 1.807) is 26.0 Å². The monoisotopic (exact) mass is 341 g/mol. The molecular formula is C15H17BrFNO2. The maximum atomic E-state index is 13.3. The topological polar surface area (TPSA) is 37.4 Å². The molecule has 1 atom stereocenters. The first-order chi connectivity index (χ1) is 9.30. The van der Waals surface area contributed by atoms with Crippen LogP contribution in [0.5, 0.6) is 0 Å². The van der Waals surface area contributed by atoms with E-state index in [1.165, 1.54) is 17.0 Å². The Balaban J connectivity index is 2.25. The number of carbonyl (C=O) groups is 2. The average molecular weight is 342 g/mol. The number of carbonyl (C=O) groups excluding carboxylic acids is 2. The van der Waals surface area contributed by atoms with Gasteiger partial charge in [0.15, 0.2) is 5.78 Å². The van der Waals surface area contributed by atoms with E-state index in [9.17, 15) is 14.0 Å². The highest BCUT2D eigenvalue weighted by Gasteiger charge is 2.40. The number of piperidine rings is 1. The average Bonchev–Trinajstić information content (AvgIpc) is 2.37. The zero-order valence-electron chi connectivity index (χ0n) is 11.5. The maximum absolute atomic E-state index is 13.3. The summed E-state index contributed by atoms with van der Waals surface area (Å²) in [7, 11) is 0. The molecule has 0 saturated carbocycles. The normalized spacial score (nSPS) is 20.1. The molecule has 0 N–H and O–H groups in total. The fourth-order valence-corrected chi connectivity index (χ4v) is 2.71. The second kappa shape index (κ2) is 5.64. The van der Waals surface area contributed by atoms with Gasteiger partial charge in [0.2, 0.25) is 5.91 Å². The molecule has 1 aromatic rings. The SMILES string of the molecule is CC(C)(Br)C(=O)C1CCCN(c2cccc(F)c2)C1=O. The van der Waals surface area contributed by atoms with Gasteiger partial charge in [-0.3, -0.25) is 9.59 Å². The number of ketones is 1. The Morgan fingerprint density at radius 3 is 2.75 bits per heavy atom. The van der Waals surface area contributed by atoms with Crippen molar-refractivity contribution in [3.05, 3.63) is 30.1 Å². The molecule has 1 aliphatic rings. The predicted octanol–water partition coefficient (Wildman–Crippen LogP) is 3.31. The van der Waals surface area contributed by atoms with Gasteiger partial charge in [0.1, 0.15) is 5.82 Å². The molecule has 0 aliphatic carbocycles. The molecule has 0 radical (unpaired) electrons. The van der Waals surface area contributed by atoms with Crippen LogP contribution < -0.4 is 4.90 Å². The van der Waals surface area contributed by atoms with Crippen LogP contribution >= 0.6 is 15.9 Å². The number of rotatable bonds is 3. The number of anilines is 1. The summed E-state index contributed by atoms with van der Waals surface area (Å²) >= 11 is 3.31. The minimum absolute atomic E-state index is 0.122. The van der Waals surface area contributed by atoms with Crippen molar-refractivity contribution in [3.8, 4) is 0 Å². The summed E-state index contributed by atoms with van der Waals surface area (Å²) in [5.74, 6) is -1.39. The highest BCUT2D eigenvalue weighted by molar-refractivity contribution is 9.10. The summed E-state index contributed by atoms with van der Waals surface area (Å²) in [5.41, 5.74) is 0.514. The van der Waals surface area contributed by atoms with Crippen molar-refractivity contribution in [2.24, 2.45) is 5.92 Å². The predicted molar refractivity (Wildman–Crippen MR) is 79.5 cm³/mol. The standard InChI is InChI=1S/C15H17BrFNO2/c1-15(2,16)13(19)12-7-4-8-18(14(12)20)11-6-3-5-10(17)9-11/h3,5-6,9,12H,4,7-8H2,1-2H3. The quantitative estimate of drug-likeness (QED) is 0.624. The highest BCUT2D eigenvalue weighted by Crippen LogP contribution is 2.30. The Morgan fingerprint density at radius 1 is 1.45 bits per heavy atom. The van der Waals surface area contributed by atoms with Gasteiger partial charge in [0, 0.05) is 12.2 Å². The molecule has 1 unspecified atom stereocenters. The second-order valence-electron chi connectivity index (χ2n) is 5.50. The van der Waals surface area contributed by atoms with Crippen LogP contribution in [0.15, 0.2) is 24.3 Å². The van der Waals surface area contributed by atoms with E-state index >= 15 is 0 Å². The van der Waals surface area contributed by atoms with Gasteiger partial charge < -0.3 is 4.90 Å². The Bertz CT molecular complexity index is 539. The fourth-order valence-electron chi connectivity index (χ4n) is 2.43. The van der Waals surface area contributed by atoms with Gasteiger partial charge in [-0.2, -0.15) is 0 Å². The van der Waals surface area contributed by atoms with Crippen molar-refractivity contribution in [1.82, 2.24) is 0 Å². The molecule has 1 heterocycles. The number of Topliss-reactive ketones (excluding diaryl/α,β-unsaturated/α-hetero) is 1. The van der Waals surface area contributed by atoms with Crippen molar-refractivity contribution in [2.45, 2.75) is 31.0 Å². The molecule has 108 valence electrons. The van der Waals surface area contributed by atoms with Gasteiger partial charge in [-0.25, -0.2) is 4.39 Å². The van der Waals surface area contributed by atoms with Crippen LogP contribution in [0.2, 0.25) is 0 Å². The van der Waals surface area contributed by atoms with Gasteiger partial charge in [0.05, 0.1) is 10.2 Å². The fraction of sp³-hybridized carbons (Fsp3) is 0.467. The summed E-state index contributed by atoms with van der Waals surface area (Å²) in [4.78, 5) is 26.3. The summed E-state index contributed by atoms with van der Waals surface area (Å²) in [6.07, 6.45) is 1.29. The smallest absolute Gasteiger partial charge is 0.237 e. The molecule has 1 saturated heterocycles. The molecule has 1 amide bonds. The molecule has 1 aliphatic heterocycles. The van der Waals surface area contributed by atoms with Crippen LogP contribution in [0.3, 0.4) is 0 Å². The third kappa shape index (κ3) is 3.08. The Morgan fingerprint density at radius 2 is 2.15 bits per heavy atom. The minimum Gasteiger partial charge on any atom is -0.312 e. The third-order valence-corrected chi connectivity index (χ3v) is 3.85. The number of halogens is 2. The van der Waals surface area contributed by atoms with Gasteiger partial charge in [-0.15, -0.1) is 0 Å². The molecular weight excluding hydrogens is 325 g/mol. The largest absolute Gasteiger partial charge is 0.312 e. The van der Waals surface area contributed by atoms with Crippen LogP contribution in [0, 0.1) is 11.7 Å². The van der Waals surface area contributed by atoms with Crippen molar-refractivity contribution in [2.75, 3.05) is 11.4 Å². The third-order valence-electron chi connectivity index (χ3n) is 3.46.